The number of fused-ring (bicyclic) bond motifs is 1. The summed E-state index contributed by atoms with van der Waals surface area (Å²) >= 11 is 1.12. The molecule has 3 heterocycles. The predicted molar refractivity (Wildman–Crippen MR) is 122 cm³/mol. The highest BCUT2D eigenvalue weighted by Gasteiger charge is 2.13. The van der Waals surface area contributed by atoms with Crippen LogP contribution in [0.25, 0.3) is 28.0 Å². The number of aryl methyl sites for hydroxylation is 1. The SMILES string of the molecule is COc1ccc(-c2nn(-c3ccccc3)cc2C=c2sc3nc(=O)c(C)nn3c2=O)cc1. The number of aromatic nitrogens is 5. The third kappa shape index (κ3) is 3.48. The zero-order valence-corrected chi connectivity index (χ0v) is 18.0. The second-order valence-electron chi connectivity index (χ2n) is 7.05. The average molecular weight is 443 g/mol. The van der Waals surface area contributed by atoms with Crippen molar-refractivity contribution in [2.45, 2.75) is 6.92 Å². The summed E-state index contributed by atoms with van der Waals surface area (Å²) < 4.78 is 8.61. The zero-order chi connectivity index (χ0) is 22.2. The number of thiazole rings is 1. The Labute approximate surface area is 185 Å². The van der Waals surface area contributed by atoms with Gasteiger partial charge >= 0.3 is 0 Å². The Hall–Kier alpha value is -4.11. The van der Waals surface area contributed by atoms with Gasteiger partial charge in [-0.2, -0.15) is 19.7 Å². The first-order valence-corrected chi connectivity index (χ1v) is 10.6. The van der Waals surface area contributed by atoms with Crippen LogP contribution in [0.5, 0.6) is 5.75 Å². The molecule has 0 aliphatic carbocycles. The lowest BCUT2D eigenvalue weighted by molar-refractivity contribution is 0.415. The molecular weight excluding hydrogens is 426 g/mol. The summed E-state index contributed by atoms with van der Waals surface area (Å²) in [4.78, 5) is 29.0. The van der Waals surface area contributed by atoms with Gasteiger partial charge in [-0.1, -0.05) is 29.5 Å². The molecule has 158 valence electrons. The van der Waals surface area contributed by atoms with E-state index in [1.807, 2.05) is 60.8 Å². The molecule has 0 aliphatic heterocycles. The van der Waals surface area contributed by atoms with E-state index in [-0.39, 0.29) is 16.2 Å². The van der Waals surface area contributed by atoms with Crippen LogP contribution in [-0.4, -0.2) is 31.5 Å². The van der Waals surface area contributed by atoms with E-state index in [0.29, 0.717) is 10.2 Å². The lowest BCUT2D eigenvalue weighted by Crippen LogP contribution is -2.27. The van der Waals surface area contributed by atoms with Gasteiger partial charge in [0.2, 0.25) is 4.96 Å². The van der Waals surface area contributed by atoms with Crippen LogP contribution in [0, 0.1) is 6.92 Å². The van der Waals surface area contributed by atoms with Crippen LogP contribution in [0.4, 0.5) is 0 Å². The second-order valence-corrected chi connectivity index (χ2v) is 8.06. The van der Waals surface area contributed by atoms with Gasteiger partial charge in [0.15, 0.2) is 0 Å². The highest BCUT2D eigenvalue weighted by Crippen LogP contribution is 2.26. The first kappa shape index (κ1) is 19.8. The molecule has 5 aromatic rings. The summed E-state index contributed by atoms with van der Waals surface area (Å²) in [6.07, 6.45) is 3.63. The molecule has 2 aromatic carbocycles. The summed E-state index contributed by atoms with van der Waals surface area (Å²) in [6.45, 7) is 1.54. The van der Waals surface area contributed by atoms with Crippen LogP contribution in [0.1, 0.15) is 11.3 Å². The minimum atomic E-state index is -0.436. The highest BCUT2D eigenvalue weighted by molar-refractivity contribution is 7.15. The Morgan fingerprint density at radius 2 is 1.75 bits per heavy atom. The number of nitrogens with zero attached hydrogens (tertiary/aromatic N) is 5. The average Bonchev–Trinajstić information content (AvgIpc) is 3.37. The Kier molecular flexibility index (Phi) is 4.87. The highest BCUT2D eigenvalue weighted by atomic mass is 32.1. The van der Waals surface area contributed by atoms with Crippen molar-refractivity contribution < 1.29 is 4.74 Å². The maximum atomic E-state index is 12.9. The van der Waals surface area contributed by atoms with E-state index >= 15 is 0 Å². The van der Waals surface area contributed by atoms with Gasteiger partial charge in [0, 0.05) is 17.3 Å². The third-order valence-electron chi connectivity index (χ3n) is 4.96. The van der Waals surface area contributed by atoms with E-state index in [1.165, 1.54) is 11.4 Å². The van der Waals surface area contributed by atoms with Crippen molar-refractivity contribution in [2.75, 3.05) is 7.11 Å². The normalized spacial score (nSPS) is 11.9. The number of hydrogen-bond acceptors (Lipinski definition) is 7. The van der Waals surface area contributed by atoms with E-state index in [9.17, 15) is 9.59 Å². The van der Waals surface area contributed by atoms with Crippen molar-refractivity contribution in [3.8, 4) is 22.7 Å². The van der Waals surface area contributed by atoms with Crippen LogP contribution in [0.2, 0.25) is 0 Å². The zero-order valence-electron chi connectivity index (χ0n) is 17.2. The van der Waals surface area contributed by atoms with Crippen molar-refractivity contribution in [3.63, 3.8) is 0 Å². The monoisotopic (exact) mass is 443 g/mol. The topological polar surface area (TPSA) is 91.4 Å². The van der Waals surface area contributed by atoms with Gasteiger partial charge in [-0.25, -0.2) is 4.68 Å². The third-order valence-corrected chi connectivity index (χ3v) is 5.91. The maximum absolute atomic E-state index is 12.9. The van der Waals surface area contributed by atoms with Crippen molar-refractivity contribution in [1.29, 1.82) is 0 Å². The molecule has 5 rings (SSSR count). The number of rotatable bonds is 4. The van der Waals surface area contributed by atoms with E-state index < -0.39 is 5.56 Å². The summed E-state index contributed by atoms with van der Waals surface area (Å²) in [7, 11) is 1.62. The molecule has 0 saturated heterocycles. The molecule has 0 radical (unpaired) electrons. The largest absolute Gasteiger partial charge is 0.497 e. The lowest BCUT2D eigenvalue weighted by Gasteiger charge is -2.02. The smallest absolute Gasteiger partial charge is 0.295 e. The van der Waals surface area contributed by atoms with Gasteiger partial charge in [0.05, 0.1) is 17.3 Å². The van der Waals surface area contributed by atoms with E-state index in [2.05, 4.69) is 10.1 Å². The number of hydrogen-bond donors (Lipinski definition) is 0. The van der Waals surface area contributed by atoms with Gasteiger partial charge in [0.25, 0.3) is 11.1 Å². The molecule has 0 saturated carbocycles. The fourth-order valence-electron chi connectivity index (χ4n) is 3.31. The fourth-order valence-corrected chi connectivity index (χ4v) is 4.20. The fraction of sp³-hybridized carbons (Fsp3) is 0.0870. The van der Waals surface area contributed by atoms with Gasteiger partial charge in [0.1, 0.15) is 17.1 Å². The summed E-state index contributed by atoms with van der Waals surface area (Å²) in [5, 5.41) is 8.85. The van der Waals surface area contributed by atoms with Crippen LogP contribution in [0.3, 0.4) is 0 Å². The molecule has 32 heavy (non-hydrogen) atoms. The summed E-state index contributed by atoms with van der Waals surface area (Å²) in [6, 6.07) is 17.3. The molecule has 0 aliphatic rings. The number of para-hydroxylation sites is 1. The molecular formula is C23H17N5O3S. The molecule has 9 heteroatoms. The molecule has 8 nitrogen and oxygen atoms in total. The predicted octanol–water partition coefficient (Wildman–Crippen LogP) is 2.23. The van der Waals surface area contributed by atoms with Crippen LogP contribution >= 0.6 is 11.3 Å². The van der Waals surface area contributed by atoms with Crippen LogP contribution in [-0.2, 0) is 0 Å². The Morgan fingerprint density at radius 1 is 1.00 bits per heavy atom. The van der Waals surface area contributed by atoms with Gasteiger partial charge < -0.3 is 4.74 Å². The summed E-state index contributed by atoms with van der Waals surface area (Å²) in [5.41, 5.74) is 2.65. The van der Waals surface area contributed by atoms with Crippen LogP contribution in [0.15, 0.2) is 70.4 Å². The lowest BCUT2D eigenvalue weighted by atomic mass is 10.1. The minimum Gasteiger partial charge on any atom is -0.497 e. The van der Waals surface area contributed by atoms with E-state index in [4.69, 9.17) is 9.84 Å². The minimum absolute atomic E-state index is 0.180. The quantitative estimate of drug-likeness (QED) is 0.423. The number of benzene rings is 2. The maximum Gasteiger partial charge on any atom is 0.295 e. The van der Waals surface area contributed by atoms with Gasteiger partial charge in [-0.3, -0.25) is 9.59 Å². The molecule has 0 spiro atoms. The molecule has 0 N–H and O–H groups in total. The van der Waals surface area contributed by atoms with Crippen molar-refractivity contribution in [2.24, 2.45) is 0 Å². The Balaban J connectivity index is 1.73. The number of ether oxygens (including phenoxy) is 1. The van der Waals surface area contributed by atoms with E-state index in [0.717, 1.165) is 33.9 Å². The van der Waals surface area contributed by atoms with Crippen molar-refractivity contribution in [3.05, 3.63) is 97.3 Å². The van der Waals surface area contributed by atoms with Crippen LogP contribution < -0.4 is 20.4 Å². The second kappa shape index (κ2) is 7.86. The summed E-state index contributed by atoms with van der Waals surface area (Å²) in [5.74, 6) is 0.741. The molecule has 0 fully saturated rings. The van der Waals surface area contributed by atoms with Gasteiger partial charge in [-0.15, -0.1) is 0 Å². The molecule has 0 bridgehead atoms. The molecule has 0 atom stereocenters. The van der Waals surface area contributed by atoms with Crippen molar-refractivity contribution in [1.82, 2.24) is 24.4 Å². The van der Waals surface area contributed by atoms with E-state index in [1.54, 1.807) is 17.9 Å². The molecule has 0 amide bonds. The first-order chi connectivity index (χ1) is 15.5. The number of methoxy groups -OCH3 is 1. The standard InChI is InChI=1S/C23H17N5O3S/c1-14-21(29)24-23-28(25-14)22(30)19(32-23)12-16-13-27(17-6-4-3-5-7-17)26-20(16)15-8-10-18(31-2)11-9-15/h3-13H,1-2H3. The Morgan fingerprint density at radius 3 is 2.47 bits per heavy atom. The molecule has 3 aromatic heterocycles. The first-order valence-electron chi connectivity index (χ1n) is 9.75. The molecule has 0 unspecified atom stereocenters. The Bertz CT molecular complexity index is 1600. The van der Waals surface area contributed by atoms with Crippen molar-refractivity contribution >= 4 is 22.4 Å². The van der Waals surface area contributed by atoms with Gasteiger partial charge in [-0.05, 0) is 49.4 Å².